The van der Waals surface area contributed by atoms with E-state index in [-0.39, 0.29) is 5.91 Å². The van der Waals surface area contributed by atoms with E-state index in [1.165, 1.54) is 0 Å². The van der Waals surface area contributed by atoms with Crippen molar-refractivity contribution in [3.63, 3.8) is 0 Å². The van der Waals surface area contributed by atoms with Crippen LogP contribution >= 0.6 is 0 Å². The van der Waals surface area contributed by atoms with Gasteiger partial charge in [-0.25, -0.2) is 5.06 Å². The topological polar surface area (TPSA) is 52.6 Å². The highest BCUT2D eigenvalue weighted by Gasteiger charge is 2.23. The van der Waals surface area contributed by atoms with Gasteiger partial charge in [-0.15, -0.1) is 0 Å². The molecule has 0 unspecified atom stereocenters. The van der Waals surface area contributed by atoms with E-state index >= 15 is 0 Å². The molecule has 4 nitrogen and oxygen atoms in total. The van der Waals surface area contributed by atoms with Gasteiger partial charge in [0.1, 0.15) is 0 Å². The van der Waals surface area contributed by atoms with Crippen LogP contribution in [0.3, 0.4) is 0 Å². The molecule has 84 valence electrons. The van der Waals surface area contributed by atoms with Crippen molar-refractivity contribution >= 4 is 23.0 Å². The van der Waals surface area contributed by atoms with Crippen molar-refractivity contribution in [2.45, 2.75) is 0 Å². The summed E-state index contributed by atoms with van der Waals surface area (Å²) in [7, 11) is 0. The fourth-order valence-corrected chi connectivity index (χ4v) is 1.93. The molecule has 4 heteroatoms. The van der Waals surface area contributed by atoms with E-state index in [4.69, 9.17) is 0 Å². The Morgan fingerprint density at radius 2 is 1.59 bits per heavy atom. The van der Waals surface area contributed by atoms with Crippen LogP contribution in [0.1, 0.15) is 10.4 Å². The first-order valence-corrected chi connectivity index (χ1v) is 5.26. The van der Waals surface area contributed by atoms with Gasteiger partial charge in [0.25, 0.3) is 5.91 Å². The third kappa shape index (κ3) is 1.46. The SMILES string of the molecule is O=C1Nc2ccccc2N(O)c2ccccc21. The van der Waals surface area contributed by atoms with Crippen molar-refractivity contribution < 1.29 is 10.0 Å². The molecule has 0 aromatic heterocycles. The van der Waals surface area contributed by atoms with Crippen LogP contribution in [0.25, 0.3) is 0 Å². The van der Waals surface area contributed by atoms with Gasteiger partial charge in [0.05, 0.1) is 22.6 Å². The Balaban J connectivity index is 2.26. The summed E-state index contributed by atoms with van der Waals surface area (Å²) in [5, 5.41) is 14.0. The van der Waals surface area contributed by atoms with E-state index in [9.17, 15) is 10.0 Å². The molecule has 0 radical (unpaired) electrons. The van der Waals surface area contributed by atoms with E-state index in [2.05, 4.69) is 5.32 Å². The predicted molar refractivity (Wildman–Crippen MR) is 64.8 cm³/mol. The first kappa shape index (κ1) is 9.86. The van der Waals surface area contributed by atoms with Crippen LogP contribution in [0.15, 0.2) is 48.5 Å². The van der Waals surface area contributed by atoms with Crippen molar-refractivity contribution in [3.8, 4) is 0 Å². The monoisotopic (exact) mass is 226 g/mol. The third-order valence-electron chi connectivity index (χ3n) is 2.76. The summed E-state index contributed by atoms with van der Waals surface area (Å²) in [5.74, 6) is -0.218. The zero-order chi connectivity index (χ0) is 11.8. The van der Waals surface area contributed by atoms with Crippen LogP contribution < -0.4 is 10.4 Å². The number of carbonyl (C=O) groups excluding carboxylic acids is 1. The molecule has 1 amide bonds. The molecule has 1 heterocycles. The zero-order valence-electron chi connectivity index (χ0n) is 8.92. The summed E-state index contributed by atoms with van der Waals surface area (Å²) < 4.78 is 0. The minimum absolute atomic E-state index is 0.218. The van der Waals surface area contributed by atoms with Crippen LogP contribution in [0.5, 0.6) is 0 Å². The molecule has 1 aliphatic heterocycles. The zero-order valence-corrected chi connectivity index (χ0v) is 8.92. The Bertz CT molecular complexity index is 595. The highest BCUT2D eigenvalue weighted by Crippen LogP contribution is 2.35. The highest BCUT2D eigenvalue weighted by atomic mass is 16.5. The smallest absolute Gasteiger partial charge is 0.257 e. The van der Waals surface area contributed by atoms with E-state index in [1.807, 2.05) is 12.1 Å². The molecule has 2 aromatic rings. The number of nitrogens with one attached hydrogen (secondary N) is 1. The molecule has 0 fully saturated rings. The summed E-state index contributed by atoms with van der Waals surface area (Å²) in [6.45, 7) is 0. The van der Waals surface area contributed by atoms with Crippen molar-refractivity contribution in [1.29, 1.82) is 0 Å². The molecule has 2 N–H and O–H groups in total. The van der Waals surface area contributed by atoms with Crippen molar-refractivity contribution in [2.75, 3.05) is 10.4 Å². The molecular formula is C13H10N2O2. The van der Waals surface area contributed by atoms with Gasteiger partial charge in [0.2, 0.25) is 0 Å². The number of benzene rings is 2. The summed E-state index contributed by atoms with van der Waals surface area (Å²) in [6, 6.07) is 14.0. The van der Waals surface area contributed by atoms with Crippen molar-refractivity contribution in [1.82, 2.24) is 0 Å². The lowest BCUT2D eigenvalue weighted by Gasteiger charge is -2.17. The van der Waals surface area contributed by atoms with Crippen LogP contribution in [0, 0.1) is 0 Å². The van der Waals surface area contributed by atoms with E-state index in [0.717, 1.165) is 5.06 Å². The largest absolute Gasteiger partial charge is 0.320 e. The van der Waals surface area contributed by atoms with Gasteiger partial charge in [0, 0.05) is 0 Å². The first-order valence-electron chi connectivity index (χ1n) is 5.26. The second kappa shape index (κ2) is 3.61. The Morgan fingerprint density at radius 3 is 2.41 bits per heavy atom. The second-order valence-electron chi connectivity index (χ2n) is 3.80. The third-order valence-corrected chi connectivity index (χ3v) is 2.76. The average molecular weight is 226 g/mol. The fraction of sp³-hybridized carbons (Fsp3) is 0. The number of rotatable bonds is 0. The molecule has 17 heavy (non-hydrogen) atoms. The standard InChI is InChI=1S/C13H10N2O2/c16-13-9-5-1-3-7-11(9)15(17)12-8-4-2-6-10(12)14-13/h1-8,17H,(H,14,16). The number of amides is 1. The molecule has 0 aliphatic carbocycles. The van der Waals surface area contributed by atoms with Crippen LogP contribution in [0.4, 0.5) is 17.1 Å². The predicted octanol–water partition coefficient (Wildman–Crippen LogP) is 2.78. The molecule has 3 rings (SSSR count). The van der Waals surface area contributed by atoms with Gasteiger partial charge in [0.15, 0.2) is 0 Å². The Hall–Kier alpha value is -2.33. The van der Waals surface area contributed by atoms with Gasteiger partial charge in [-0.3, -0.25) is 10.0 Å². The van der Waals surface area contributed by atoms with Gasteiger partial charge >= 0.3 is 0 Å². The summed E-state index contributed by atoms with van der Waals surface area (Å²) in [4.78, 5) is 12.0. The summed E-state index contributed by atoms with van der Waals surface area (Å²) >= 11 is 0. The molecule has 1 aliphatic rings. The lowest BCUT2D eigenvalue weighted by Crippen LogP contribution is -2.12. The summed E-state index contributed by atoms with van der Waals surface area (Å²) in [6.07, 6.45) is 0. The number of fused-ring (bicyclic) bond motifs is 2. The maximum absolute atomic E-state index is 12.0. The van der Waals surface area contributed by atoms with Crippen LogP contribution in [-0.4, -0.2) is 11.1 Å². The molecule has 0 spiro atoms. The Kier molecular flexibility index (Phi) is 2.09. The number of hydrogen-bond donors (Lipinski definition) is 2. The lowest BCUT2D eigenvalue weighted by molar-refractivity contribution is 0.102. The van der Waals surface area contributed by atoms with Gasteiger partial charge in [-0.1, -0.05) is 24.3 Å². The van der Waals surface area contributed by atoms with Gasteiger partial charge in [-0.05, 0) is 24.3 Å². The number of hydrogen-bond acceptors (Lipinski definition) is 3. The van der Waals surface area contributed by atoms with Crippen LogP contribution in [-0.2, 0) is 0 Å². The minimum Gasteiger partial charge on any atom is -0.320 e. The normalized spacial score (nSPS) is 13.5. The first-order chi connectivity index (χ1) is 8.27. The van der Waals surface area contributed by atoms with Crippen LogP contribution in [0.2, 0.25) is 0 Å². The lowest BCUT2D eigenvalue weighted by atomic mass is 10.1. The highest BCUT2D eigenvalue weighted by molar-refractivity contribution is 6.12. The average Bonchev–Trinajstić information content (AvgIpc) is 2.48. The molecule has 0 atom stereocenters. The molecule has 0 bridgehead atoms. The summed E-state index contributed by atoms with van der Waals surface area (Å²) in [5.41, 5.74) is 2.09. The molecule has 0 saturated heterocycles. The van der Waals surface area contributed by atoms with Crippen molar-refractivity contribution in [2.24, 2.45) is 0 Å². The number of nitrogens with zero attached hydrogens (tertiary/aromatic N) is 1. The molecule has 2 aromatic carbocycles. The Morgan fingerprint density at radius 1 is 0.941 bits per heavy atom. The maximum atomic E-state index is 12.0. The molecular weight excluding hydrogens is 216 g/mol. The fourth-order valence-electron chi connectivity index (χ4n) is 1.93. The quantitative estimate of drug-likeness (QED) is 0.726. The number of carbonyl (C=O) groups is 1. The van der Waals surface area contributed by atoms with Gasteiger partial charge in [-0.2, -0.15) is 0 Å². The minimum atomic E-state index is -0.218. The maximum Gasteiger partial charge on any atom is 0.257 e. The molecule has 0 saturated carbocycles. The van der Waals surface area contributed by atoms with E-state index < -0.39 is 0 Å². The number of para-hydroxylation sites is 3. The van der Waals surface area contributed by atoms with E-state index in [0.29, 0.717) is 22.6 Å². The van der Waals surface area contributed by atoms with E-state index in [1.54, 1.807) is 36.4 Å². The van der Waals surface area contributed by atoms with Gasteiger partial charge < -0.3 is 5.32 Å². The second-order valence-corrected chi connectivity index (χ2v) is 3.80. The van der Waals surface area contributed by atoms with Crippen molar-refractivity contribution in [3.05, 3.63) is 54.1 Å². The Labute approximate surface area is 98.1 Å². The number of anilines is 3.